The van der Waals surface area contributed by atoms with Crippen LogP contribution in [-0.2, 0) is 19.1 Å². The van der Waals surface area contributed by atoms with Gasteiger partial charge in [0.25, 0.3) is 0 Å². The van der Waals surface area contributed by atoms with Gasteiger partial charge >= 0.3 is 5.97 Å². The summed E-state index contributed by atoms with van der Waals surface area (Å²) in [6.07, 6.45) is 0.818. The number of hydrogen-bond acceptors (Lipinski definition) is 6. The van der Waals surface area contributed by atoms with Crippen LogP contribution in [0.15, 0.2) is 35.3 Å². The molecule has 1 aromatic carbocycles. The minimum atomic E-state index is -1.02. The third-order valence-corrected chi connectivity index (χ3v) is 4.45. The highest BCUT2D eigenvalue weighted by Crippen LogP contribution is 2.30. The van der Waals surface area contributed by atoms with Crippen molar-refractivity contribution in [1.29, 1.82) is 0 Å². The van der Waals surface area contributed by atoms with Gasteiger partial charge in [-0.2, -0.15) is 0 Å². The first-order chi connectivity index (χ1) is 12.1. The average Bonchev–Trinajstić information content (AvgIpc) is 2.67. The third-order valence-electron chi connectivity index (χ3n) is 4.45. The fourth-order valence-electron chi connectivity index (χ4n) is 3.05. The van der Waals surface area contributed by atoms with E-state index in [4.69, 9.17) is 4.74 Å². The molecule has 1 fully saturated rings. The highest BCUT2D eigenvalue weighted by molar-refractivity contribution is 6.08. The number of amides is 2. The van der Waals surface area contributed by atoms with Crippen LogP contribution in [0.3, 0.4) is 0 Å². The van der Waals surface area contributed by atoms with Crippen LogP contribution in [0.25, 0.3) is 0 Å². The van der Waals surface area contributed by atoms with Crippen molar-refractivity contribution in [2.45, 2.75) is 6.04 Å². The fourth-order valence-corrected chi connectivity index (χ4v) is 3.05. The molecule has 0 unspecified atom stereocenters. The summed E-state index contributed by atoms with van der Waals surface area (Å²) in [5.74, 6) is -1.62. The normalized spacial score (nSPS) is 23.6. The van der Waals surface area contributed by atoms with Crippen LogP contribution in [0.4, 0.5) is 0 Å². The number of guanidine groups is 1. The first kappa shape index (κ1) is 16.9. The summed E-state index contributed by atoms with van der Waals surface area (Å²) in [6.45, 7) is 2.27. The molecule has 2 amide bonds. The number of hydrogen-bond donors (Lipinski definition) is 1. The van der Waals surface area contributed by atoms with Crippen LogP contribution in [-0.4, -0.2) is 67.3 Å². The number of aliphatic imine (C=N–C) groups is 1. The molecule has 2 heterocycles. The molecule has 0 bridgehead atoms. The van der Waals surface area contributed by atoms with Gasteiger partial charge in [-0.05, 0) is 5.56 Å². The molecule has 2 aliphatic heterocycles. The van der Waals surface area contributed by atoms with E-state index >= 15 is 0 Å². The first-order valence-corrected chi connectivity index (χ1v) is 8.09. The molecular formula is C17H20N4O4. The largest absolute Gasteiger partial charge is 0.468 e. The van der Waals surface area contributed by atoms with Crippen LogP contribution < -0.4 is 5.32 Å². The Morgan fingerprint density at radius 2 is 1.92 bits per heavy atom. The van der Waals surface area contributed by atoms with Gasteiger partial charge in [0.15, 0.2) is 5.92 Å². The molecule has 0 saturated carbocycles. The Labute approximate surface area is 145 Å². The van der Waals surface area contributed by atoms with Gasteiger partial charge < -0.3 is 14.5 Å². The minimum absolute atomic E-state index is 0.427. The Bertz CT molecular complexity index is 683. The van der Waals surface area contributed by atoms with Gasteiger partial charge in [0.2, 0.25) is 18.3 Å². The highest BCUT2D eigenvalue weighted by atomic mass is 16.5. The van der Waals surface area contributed by atoms with E-state index in [9.17, 15) is 14.4 Å². The summed E-state index contributed by atoms with van der Waals surface area (Å²) >= 11 is 0. The van der Waals surface area contributed by atoms with E-state index in [0.29, 0.717) is 32.1 Å². The molecule has 132 valence electrons. The summed E-state index contributed by atoms with van der Waals surface area (Å²) in [5.41, 5.74) is 0.775. The zero-order chi connectivity index (χ0) is 17.8. The molecule has 0 aromatic heterocycles. The Morgan fingerprint density at radius 1 is 1.24 bits per heavy atom. The Hall–Kier alpha value is -2.90. The van der Waals surface area contributed by atoms with E-state index in [2.05, 4.69) is 10.3 Å². The molecule has 2 aliphatic rings. The smallest absolute Gasteiger partial charge is 0.320 e. The van der Waals surface area contributed by atoms with Crippen molar-refractivity contribution in [2.75, 3.05) is 33.3 Å². The minimum Gasteiger partial charge on any atom is -0.468 e. The van der Waals surface area contributed by atoms with Crippen molar-refractivity contribution in [3.8, 4) is 0 Å². The number of carbonyl (C=O) groups is 3. The number of esters is 1. The number of benzene rings is 1. The zero-order valence-electron chi connectivity index (χ0n) is 13.9. The van der Waals surface area contributed by atoms with Gasteiger partial charge in [0, 0.05) is 26.2 Å². The van der Waals surface area contributed by atoms with Crippen LogP contribution in [0, 0.1) is 5.92 Å². The standard InChI is InChI=1S/C17H20N4O4/c1-25-16(24)13-14(12-5-3-2-4-6-12)18-17(19-15(13)23)21-9-7-20(11-22)8-10-21/h2-6,11,13-14H,7-10H2,1H3,(H,18,19,23)/t13-,14+/m1/s1. The van der Waals surface area contributed by atoms with Crippen LogP contribution in [0.1, 0.15) is 11.6 Å². The number of methoxy groups -OCH3 is 1. The molecule has 0 aliphatic carbocycles. The maximum atomic E-state index is 12.6. The number of carbonyl (C=O) groups excluding carboxylic acids is 3. The molecule has 25 heavy (non-hydrogen) atoms. The Morgan fingerprint density at radius 3 is 2.52 bits per heavy atom. The number of piperazine rings is 1. The van der Waals surface area contributed by atoms with E-state index in [-0.39, 0.29) is 0 Å². The molecule has 0 spiro atoms. The van der Waals surface area contributed by atoms with E-state index in [1.165, 1.54) is 7.11 Å². The number of nitrogens with one attached hydrogen (secondary N) is 1. The van der Waals surface area contributed by atoms with Gasteiger partial charge in [0.05, 0.1) is 7.11 Å². The Kier molecular flexibility index (Phi) is 4.97. The lowest BCUT2D eigenvalue weighted by Gasteiger charge is -2.37. The van der Waals surface area contributed by atoms with Crippen LogP contribution in [0.5, 0.6) is 0 Å². The van der Waals surface area contributed by atoms with Crippen molar-refractivity contribution in [2.24, 2.45) is 10.9 Å². The second kappa shape index (κ2) is 7.33. The maximum Gasteiger partial charge on any atom is 0.320 e. The van der Waals surface area contributed by atoms with Gasteiger partial charge in [-0.3, -0.25) is 19.7 Å². The number of rotatable bonds is 3. The third kappa shape index (κ3) is 3.47. The van der Waals surface area contributed by atoms with Crippen molar-refractivity contribution in [3.63, 3.8) is 0 Å². The number of ether oxygens (including phenoxy) is 1. The predicted octanol–water partition coefficient (Wildman–Crippen LogP) is -0.223. The molecule has 2 atom stereocenters. The Balaban J connectivity index is 1.90. The molecule has 1 N–H and O–H groups in total. The first-order valence-electron chi connectivity index (χ1n) is 8.09. The van der Waals surface area contributed by atoms with E-state index in [0.717, 1.165) is 12.0 Å². The van der Waals surface area contributed by atoms with Crippen molar-refractivity contribution in [1.82, 2.24) is 15.1 Å². The zero-order valence-corrected chi connectivity index (χ0v) is 13.9. The summed E-state index contributed by atoms with van der Waals surface area (Å²) in [7, 11) is 1.26. The van der Waals surface area contributed by atoms with E-state index in [1.54, 1.807) is 4.90 Å². The summed E-state index contributed by atoms with van der Waals surface area (Å²) < 4.78 is 4.79. The van der Waals surface area contributed by atoms with Gasteiger partial charge in [-0.1, -0.05) is 30.3 Å². The maximum absolute atomic E-state index is 12.6. The SMILES string of the molecule is COC(=O)[C@H]1C(=O)NC(N2CCN(C=O)CC2)=N[C@H]1c1ccccc1. The van der Waals surface area contributed by atoms with Gasteiger partial charge in [0.1, 0.15) is 6.04 Å². The van der Waals surface area contributed by atoms with E-state index < -0.39 is 23.8 Å². The van der Waals surface area contributed by atoms with Crippen molar-refractivity contribution >= 4 is 24.2 Å². The molecular weight excluding hydrogens is 324 g/mol. The monoisotopic (exact) mass is 344 g/mol. The molecule has 8 heteroatoms. The van der Waals surface area contributed by atoms with Gasteiger partial charge in [-0.15, -0.1) is 0 Å². The summed E-state index contributed by atoms with van der Waals surface area (Å²) in [4.78, 5) is 43.7. The lowest BCUT2D eigenvalue weighted by atomic mass is 9.91. The molecule has 8 nitrogen and oxygen atoms in total. The topological polar surface area (TPSA) is 91.3 Å². The lowest BCUT2D eigenvalue weighted by Crippen LogP contribution is -2.57. The van der Waals surface area contributed by atoms with Crippen LogP contribution >= 0.6 is 0 Å². The molecule has 3 rings (SSSR count). The van der Waals surface area contributed by atoms with Crippen molar-refractivity contribution in [3.05, 3.63) is 35.9 Å². The van der Waals surface area contributed by atoms with Crippen molar-refractivity contribution < 1.29 is 19.1 Å². The number of nitrogens with zero attached hydrogens (tertiary/aromatic N) is 3. The second-order valence-electron chi connectivity index (χ2n) is 5.93. The summed E-state index contributed by atoms with van der Waals surface area (Å²) in [5, 5.41) is 2.71. The van der Waals surface area contributed by atoms with Gasteiger partial charge in [-0.25, -0.2) is 4.99 Å². The van der Waals surface area contributed by atoms with E-state index in [1.807, 2.05) is 35.2 Å². The fraction of sp³-hybridized carbons (Fsp3) is 0.412. The highest BCUT2D eigenvalue weighted by Gasteiger charge is 2.41. The molecule has 1 aromatic rings. The second-order valence-corrected chi connectivity index (χ2v) is 5.93. The lowest BCUT2D eigenvalue weighted by molar-refractivity contribution is -0.151. The average molecular weight is 344 g/mol. The molecule has 0 radical (unpaired) electrons. The summed E-state index contributed by atoms with van der Waals surface area (Å²) in [6, 6.07) is 8.59. The quantitative estimate of drug-likeness (QED) is 0.465. The predicted molar refractivity (Wildman–Crippen MR) is 89.5 cm³/mol. The molecule has 1 saturated heterocycles. The van der Waals surface area contributed by atoms with Crippen LogP contribution in [0.2, 0.25) is 0 Å².